The highest BCUT2D eigenvalue weighted by Gasteiger charge is 2.48. The van der Waals surface area contributed by atoms with E-state index in [1.165, 1.54) is 11.8 Å². The zero-order valence-electron chi connectivity index (χ0n) is 21.3. The Kier molecular flexibility index (Phi) is 11.3. The number of carbonyl (C=O) groups excluding carboxylic acids is 1. The number of ether oxygens (including phenoxy) is 1. The lowest BCUT2D eigenvalue weighted by molar-refractivity contribution is -0.205. The van der Waals surface area contributed by atoms with Crippen molar-refractivity contribution < 1.29 is 38.1 Å². The number of nitrogens with zero attached hydrogens (tertiary/aromatic N) is 1. The van der Waals surface area contributed by atoms with E-state index in [4.69, 9.17) is 25.2 Å². The number of aliphatic hydroxyl groups is 3. The van der Waals surface area contributed by atoms with Crippen LogP contribution < -0.4 is 11.1 Å². The predicted octanol–water partition coefficient (Wildman–Crippen LogP) is 1.54. The van der Waals surface area contributed by atoms with E-state index in [1.807, 2.05) is 4.90 Å². The van der Waals surface area contributed by atoms with Crippen molar-refractivity contribution in [1.29, 1.82) is 0 Å². The largest absolute Gasteiger partial charge is 0.519 e. The van der Waals surface area contributed by atoms with Gasteiger partial charge >= 0.3 is 5.82 Å². The van der Waals surface area contributed by atoms with Crippen molar-refractivity contribution in [3.05, 3.63) is 22.1 Å². The van der Waals surface area contributed by atoms with Crippen LogP contribution in [0.1, 0.15) is 50.5 Å². The third-order valence-electron chi connectivity index (χ3n) is 7.34. The van der Waals surface area contributed by atoms with E-state index in [2.05, 4.69) is 5.32 Å². The van der Waals surface area contributed by atoms with Crippen molar-refractivity contribution >= 4 is 29.3 Å². The molecule has 2 saturated heterocycles. The van der Waals surface area contributed by atoms with Crippen molar-refractivity contribution in [3.63, 3.8) is 0 Å². The topological polar surface area (TPSA) is 146 Å². The number of amides is 1. The standard InChI is InChI=1S/C24H38ClFN2O8S/c1-12(25)17(21-19(30)18(29)20(31)23(36-21)37-3)27-22(32)15-7-6-14(5-4-9-26)8-10-28(15)11-16-13(2)34-24(33)35-16/h12,14-15,17-21,23,29-31H,4-11H2,1-3H3,(H,27,32)/t12-,14-,15?,17+,18-,19+,20+,21+,23+/m0/s1. The number of thioether (sulfide) groups is 1. The molecule has 0 aromatic carbocycles. The number of hydrogen-bond donors (Lipinski definition) is 4. The molecule has 0 saturated carbocycles. The van der Waals surface area contributed by atoms with Gasteiger partial charge in [-0.05, 0) is 64.7 Å². The van der Waals surface area contributed by atoms with E-state index in [-0.39, 0.29) is 25.0 Å². The summed E-state index contributed by atoms with van der Waals surface area (Å²) in [6.45, 7) is 3.57. The molecule has 1 aromatic heterocycles. The van der Waals surface area contributed by atoms with Gasteiger partial charge in [0.15, 0.2) is 5.76 Å². The number of likely N-dealkylation sites (tertiary alicyclic amines) is 1. The summed E-state index contributed by atoms with van der Waals surface area (Å²) in [5.41, 5.74) is -0.809. The van der Waals surface area contributed by atoms with Gasteiger partial charge < -0.3 is 34.2 Å². The molecule has 3 heterocycles. The lowest BCUT2D eigenvalue weighted by Crippen LogP contribution is -2.65. The molecular weight excluding hydrogens is 531 g/mol. The zero-order chi connectivity index (χ0) is 27.3. The molecule has 212 valence electrons. The number of rotatable bonds is 10. The van der Waals surface area contributed by atoms with Crippen molar-refractivity contribution in [1.82, 2.24) is 10.2 Å². The Balaban J connectivity index is 1.81. The molecule has 13 heteroatoms. The quantitative estimate of drug-likeness (QED) is 0.307. The van der Waals surface area contributed by atoms with Crippen LogP contribution in [-0.4, -0.2) is 92.9 Å². The van der Waals surface area contributed by atoms with E-state index in [0.29, 0.717) is 37.3 Å². The lowest BCUT2D eigenvalue weighted by Gasteiger charge is -2.44. The van der Waals surface area contributed by atoms with Gasteiger partial charge in [0.2, 0.25) is 5.91 Å². The van der Waals surface area contributed by atoms with Gasteiger partial charge in [0.1, 0.15) is 35.6 Å². The highest BCUT2D eigenvalue weighted by molar-refractivity contribution is 7.99. The average molecular weight is 569 g/mol. The Labute approximate surface area is 224 Å². The fourth-order valence-corrected chi connectivity index (χ4v) is 6.04. The maximum Gasteiger partial charge on any atom is 0.519 e. The molecule has 0 radical (unpaired) electrons. The Morgan fingerprint density at radius 3 is 2.54 bits per heavy atom. The zero-order valence-corrected chi connectivity index (χ0v) is 22.9. The second-order valence-electron chi connectivity index (χ2n) is 9.87. The maximum atomic E-state index is 13.7. The summed E-state index contributed by atoms with van der Waals surface area (Å²) >= 11 is 7.61. The SMILES string of the molecule is CS[C@H]1O[C@H]([C@H](NC(=O)C2CC[C@H](CCCF)CCN2Cc2oc(=O)oc2C)[C@H](C)Cl)[C@H](O)[C@H](O)[C@H]1O. The normalized spacial score (nSPS) is 33.0. The highest BCUT2D eigenvalue weighted by atomic mass is 35.5. The van der Waals surface area contributed by atoms with Gasteiger partial charge in [-0.1, -0.05) is 0 Å². The van der Waals surface area contributed by atoms with Crippen molar-refractivity contribution in [2.45, 2.75) is 99.8 Å². The molecule has 1 unspecified atom stereocenters. The van der Waals surface area contributed by atoms with Crippen molar-refractivity contribution in [2.75, 3.05) is 19.5 Å². The fourth-order valence-electron chi connectivity index (χ4n) is 5.15. The minimum Gasteiger partial charge on any atom is -0.396 e. The summed E-state index contributed by atoms with van der Waals surface area (Å²) in [6, 6.07) is -1.50. The third-order valence-corrected chi connectivity index (χ3v) is 8.47. The molecular formula is C24H38ClFN2O8S. The van der Waals surface area contributed by atoms with Crippen molar-refractivity contribution in [2.24, 2.45) is 5.92 Å². The highest BCUT2D eigenvalue weighted by Crippen LogP contribution is 2.31. The molecule has 3 rings (SSSR count). The summed E-state index contributed by atoms with van der Waals surface area (Å²) in [7, 11) is 0. The number of alkyl halides is 2. The van der Waals surface area contributed by atoms with E-state index in [9.17, 15) is 29.3 Å². The van der Waals surface area contributed by atoms with Crippen molar-refractivity contribution in [3.8, 4) is 0 Å². The van der Waals surface area contributed by atoms with Crippen LogP contribution in [0, 0.1) is 12.8 Å². The second kappa shape index (κ2) is 13.8. The number of aliphatic hydroxyl groups excluding tert-OH is 3. The third kappa shape index (κ3) is 7.49. The average Bonchev–Trinajstić information content (AvgIpc) is 3.04. The van der Waals surface area contributed by atoms with Crippen LogP contribution in [0.5, 0.6) is 0 Å². The van der Waals surface area contributed by atoms with Crippen LogP contribution in [0.25, 0.3) is 0 Å². The van der Waals surface area contributed by atoms with Gasteiger partial charge in [-0.25, -0.2) is 4.79 Å². The van der Waals surface area contributed by atoms with Crippen LogP contribution in [0.3, 0.4) is 0 Å². The van der Waals surface area contributed by atoms with E-state index in [1.54, 1.807) is 20.1 Å². The first kappa shape index (κ1) is 30.4. The first-order valence-corrected chi connectivity index (χ1v) is 14.4. The summed E-state index contributed by atoms with van der Waals surface area (Å²) < 4.78 is 28.8. The first-order chi connectivity index (χ1) is 17.6. The Morgan fingerprint density at radius 1 is 1.22 bits per heavy atom. The predicted molar refractivity (Wildman–Crippen MR) is 136 cm³/mol. The van der Waals surface area contributed by atoms with Gasteiger partial charge in [-0.3, -0.25) is 14.1 Å². The molecule has 10 nitrogen and oxygen atoms in total. The van der Waals surface area contributed by atoms with Crippen LogP contribution in [0.15, 0.2) is 13.6 Å². The Morgan fingerprint density at radius 2 is 1.95 bits per heavy atom. The second-order valence-corrected chi connectivity index (χ2v) is 11.5. The van der Waals surface area contributed by atoms with E-state index >= 15 is 0 Å². The molecule has 0 spiro atoms. The number of aryl methyl sites for hydroxylation is 1. The summed E-state index contributed by atoms with van der Waals surface area (Å²) in [4.78, 5) is 27.2. The van der Waals surface area contributed by atoms with Crippen LogP contribution in [0.2, 0.25) is 0 Å². The number of hydrogen-bond acceptors (Lipinski definition) is 10. The molecule has 2 fully saturated rings. The molecule has 4 N–H and O–H groups in total. The molecule has 1 aromatic rings. The number of nitrogens with one attached hydrogen (secondary N) is 1. The summed E-state index contributed by atoms with van der Waals surface area (Å²) in [5.74, 6) is -0.252. The molecule has 0 aliphatic carbocycles. The summed E-state index contributed by atoms with van der Waals surface area (Å²) in [5, 5.41) is 33.5. The van der Waals surface area contributed by atoms with Crippen LogP contribution in [0.4, 0.5) is 4.39 Å². The Bertz CT molecular complexity index is 931. The van der Waals surface area contributed by atoms with Crippen LogP contribution in [-0.2, 0) is 16.1 Å². The minimum atomic E-state index is -1.47. The van der Waals surface area contributed by atoms with Gasteiger partial charge in [-0.15, -0.1) is 23.4 Å². The number of halogens is 2. The maximum absolute atomic E-state index is 13.7. The fraction of sp³-hybridized carbons (Fsp3) is 0.833. The van der Waals surface area contributed by atoms with Gasteiger partial charge in [0, 0.05) is 0 Å². The van der Waals surface area contributed by atoms with E-state index < -0.39 is 53.1 Å². The first-order valence-electron chi connectivity index (χ1n) is 12.6. The number of carbonyl (C=O) groups is 1. The summed E-state index contributed by atoms with van der Waals surface area (Å²) in [6.07, 6.45) is -0.458. The molecule has 0 bridgehead atoms. The molecule has 2 aliphatic rings. The lowest BCUT2D eigenvalue weighted by atomic mass is 9.92. The van der Waals surface area contributed by atoms with Gasteiger partial charge in [-0.2, -0.15) is 0 Å². The molecule has 1 amide bonds. The monoisotopic (exact) mass is 568 g/mol. The van der Waals surface area contributed by atoms with Crippen LogP contribution >= 0.6 is 23.4 Å². The Hall–Kier alpha value is -1.15. The molecule has 37 heavy (non-hydrogen) atoms. The van der Waals surface area contributed by atoms with Gasteiger partial charge in [0.25, 0.3) is 0 Å². The minimum absolute atomic E-state index is 0.175. The molecule has 2 aliphatic heterocycles. The van der Waals surface area contributed by atoms with Gasteiger partial charge in [0.05, 0.1) is 30.7 Å². The smallest absolute Gasteiger partial charge is 0.396 e. The van der Waals surface area contributed by atoms with E-state index in [0.717, 1.165) is 12.8 Å². The molecule has 9 atom stereocenters.